The van der Waals surface area contributed by atoms with Crippen LogP contribution in [0.1, 0.15) is 36.2 Å². The van der Waals surface area contributed by atoms with E-state index in [0.29, 0.717) is 29.8 Å². The summed E-state index contributed by atoms with van der Waals surface area (Å²) in [4.78, 5) is 37.0. The number of ketones is 1. The molecule has 1 aromatic rings. The molecule has 0 radical (unpaired) electrons. The molecule has 6 heteroatoms. The number of Topliss-reactive ketones (excluding diaryl/α,β-unsaturated/α-hetero) is 1. The maximum absolute atomic E-state index is 12.6. The summed E-state index contributed by atoms with van der Waals surface area (Å²) in [5.74, 6) is -0.920. The van der Waals surface area contributed by atoms with Crippen LogP contribution < -0.4 is 4.74 Å². The zero-order valence-electron chi connectivity index (χ0n) is 14.2. The van der Waals surface area contributed by atoms with Gasteiger partial charge in [0.25, 0.3) is 0 Å². The molecule has 2 atom stereocenters. The van der Waals surface area contributed by atoms with Gasteiger partial charge in [-0.15, -0.1) is 0 Å². The number of likely N-dealkylation sites (tertiary alicyclic amines) is 1. The maximum Gasteiger partial charge on any atom is 0.308 e. The van der Waals surface area contributed by atoms with E-state index >= 15 is 0 Å². The second-order valence-corrected chi connectivity index (χ2v) is 6.43. The third-order valence-electron chi connectivity index (χ3n) is 4.39. The number of carboxylic acid groups (broad SMARTS) is 1. The number of carbonyl (C=O) groups excluding carboxylic acids is 2. The highest BCUT2D eigenvalue weighted by molar-refractivity contribution is 5.94. The van der Waals surface area contributed by atoms with Gasteiger partial charge >= 0.3 is 5.97 Å². The SMILES string of the molecule is COc1ccc(C(C)=O)cc1CC(=O)N1CC(C)CC(C(=O)O)C1. The molecule has 6 nitrogen and oxygen atoms in total. The number of ether oxygens (including phenoxy) is 1. The second-order valence-electron chi connectivity index (χ2n) is 6.43. The van der Waals surface area contributed by atoms with Crippen LogP contribution >= 0.6 is 0 Å². The number of nitrogens with zero attached hydrogens (tertiary/aromatic N) is 1. The number of piperidine rings is 1. The molecular formula is C18H23NO5. The van der Waals surface area contributed by atoms with Gasteiger partial charge in [0.15, 0.2) is 5.78 Å². The summed E-state index contributed by atoms with van der Waals surface area (Å²) in [6.07, 6.45) is 0.672. The summed E-state index contributed by atoms with van der Waals surface area (Å²) in [5, 5.41) is 9.23. The van der Waals surface area contributed by atoms with Crippen molar-refractivity contribution in [2.45, 2.75) is 26.7 Å². The van der Waals surface area contributed by atoms with Gasteiger partial charge in [0.05, 0.1) is 19.4 Å². The van der Waals surface area contributed by atoms with Gasteiger partial charge in [0, 0.05) is 24.2 Å². The highest BCUT2D eigenvalue weighted by Crippen LogP contribution is 2.25. The fraction of sp³-hybridized carbons (Fsp3) is 0.500. The first kappa shape index (κ1) is 18.0. The van der Waals surface area contributed by atoms with E-state index in [2.05, 4.69) is 0 Å². The van der Waals surface area contributed by atoms with Crippen molar-refractivity contribution in [2.75, 3.05) is 20.2 Å². The number of hydrogen-bond donors (Lipinski definition) is 1. The molecule has 1 heterocycles. The predicted octanol–water partition coefficient (Wildman–Crippen LogP) is 2.01. The van der Waals surface area contributed by atoms with E-state index in [1.54, 1.807) is 23.1 Å². The molecule has 2 unspecified atom stereocenters. The highest BCUT2D eigenvalue weighted by atomic mass is 16.5. The Hall–Kier alpha value is -2.37. The summed E-state index contributed by atoms with van der Waals surface area (Å²) in [5.41, 5.74) is 1.16. The monoisotopic (exact) mass is 333 g/mol. The summed E-state index contributed by atoms with van der Waals surface area (Å²) >= 11 is 0. The van der Waals surface area contributed by atoms with Crippen molar-refractivity contribution in [3.8, 4) is 5.75 Å². The minimum Gasteiger partial charge on any atom is -0.496 e. The van der Waals surface area contributed by atoms with Crippen molar-refractivity contribution in [3.05, 3.63) is 29.3 Å². The fourth-order valence-electron chi connectivity index (χ4n) is 3.14. The third kappa shape index (κ3) is 4.13. The van der Waals surface area contributed by atoms with Gasteiger partial charge in [-0.2, -0.15) is 0 Å². The van der Waals surface area contributed by atoms with Gasteiger partial charge in [0.2, 0.25) is 5.91 Å². The third-order valence-corrected chi connectivity index (χ3v) is 4.39. The molecule has 1 fully saturated rings. The van der Waals surface area contributed by atoms with Crippen LogP contribution in [0.15, 0.2) is 18.2 Å². The summed E-state index contributed by atoms with van der Waals surface area (Å²) in [6, 6.07) is 5.01. The number of benzene rings is 1. The lowest BCUT2D eigenvalue weighted by Crippen LogP contribution is -2.46. The minimum atomic E-state index is -0.865. The second kappa shape index (κ2) is 7.47. The fourth-order valence-corrected chi connectivity index (χ4v) is 3.14. The molecule has 1 amide bonds. The highest BCUT2D eigenvalue weighted by Gasteiger charge is 2.32. The Labute approximate surface area is 141 Å². The van der Waals surface area contributed by atoms with Gasteiger partial charge in [-0.25, -0.2) is 0 Å². The van der Waals surface area contributed by atoms with Crippen molar-refractivity contribution < 1.29 is 24.2 Å². The summed E-state index contributed by atoms with van der Waals surface area (Å²) in [6.45, 7) is 4.20. The number of carbonyl (C=O) groups is 3. The number of aliphatic carboxylic acids is 1. The molecule has 24 heavy (non-hydrogen) atoms. The molecule has 1 aliphatic heterocycles. The smallest absolute Gasteiger partial charge is 0.308 e. The van der Waals surface area contributed by atoms with E-state index in [1.807, 2.05) is 6.92 Å². The van der Waals surface area contributed by atoms with Crippen LogP contribution in [-0.4, -0.2) is 47.9 Å². The Bertz CT molecular complexity index is 655. The van der Waals surface area contributed by atoms with E-state index < -0.39 is 11.9 Å². The van der Waals surface area contributed by atoms with Gasteiger partial charge in [-0.1, -0.05) is 6.92 Å². The predicted molar refractivity (Wildman–Crippen MR) is 88.2 cm³/mol. The van der Waals surface area contributed by atoms with Crippen LogP contribution in [-0.2, 0) is 16.0 Å². The molecule has 0 aliphatic carbocycles. The van der Waals surface area contributed by atoms with E-state index in [-0.39, 0.29) is 30.6 Å². The van der Waals surface area contributed by atoms with Crippen molar-refractivity contribution in [2.24, 2.45) is 11.8 Å². The molecule has 2 rings (SSSR count). The Morgan fingerprint density at radius 3 is 2.58 bits per heavy atom. The Balaban J connectivity index is 2.17. The standard InChI is InChI=1S/C18H23NO5/c1-11-6-15(18(22)23)10-19(9-11)17(21)8-14-7-13(12(2)20)4-5-16(14)24-3/h4-5,7,11,15H,6,8-10H2,1-3H3,(H,22,23). The van der Waals surface area contributed by atoms with Crippen molar-refractivity contribution >= 4 is 17.7 Å². The topological polar surface area (TPSA) is 83.9 Å². The van der Waals surface area contributed by atoms with Crippen molar-refractivity contribution in [1.29, 1.82) is 0 Å². The molecule has 1 N–H and O–H groups in total. The number of carboxylic acids is 1. The molecular weight excluding hydrogens is 310 g/mol. The van der Waals surface area contributed by atoms with Gasteiger partial charge in [-0.05, 0) is 37.5 Å². The maximum atomic E-state index is 12.6. The molecule has 0 saturated carbocycles. The van der Waals surface area contributed by atoms with E-state index in [0.717, 1.165) is 0 Å². The Morgan fingerprint density at radius 2 is 2.00 bits per heavy atom. The van der Waals surface area contributed by atoms with Crippen molar-refractivity contribution in [3.63, 3.8) is 0 Å². The van der Waals surface area contributed by atoms with E-state index in [9.17, 15) is 19.5 Å². The Kier molecular flexibility index (Phi) is 5.59. The van der Waals surface area contributed by atoms with Gasteiger partial charge in [-0.3, -0.25) is 14.4 Å². The lowest BCUT2D eigenvalue weighted by atomic mass is 9.90. The van der Waals surface area contributed by atoms with Crippen LogP contribution in [0.25, 0.3) is 0 Å². The molecule has 0 bridgehead atoms. The largest absolute Gasteiger partial charge is 0.496 e. The first-order valence-electron chi connectivity index (χ1n) is 8.00. The summed E-state index contributed by atoms with van der Waals surface area (Å²) < 4.78 is 5.27. The first-order chi connectivity index (χ1) is 11.3. The lowest BCUT2D eigenvalue weighted by molar-refractivity contribution is -0.146. The minimum absolute atomic E-state index is 0.0797. The van der Waals surface area contributed by atoms with Gasteiger partial charge in [0.1, 0.15) is 5.75 Å². The van der Waals surface area contributed by atoms with Crippen LogP contribution in [0, 0.1) is 11.8 Å². The lowest BCUT2D eigenvalue weighted by Gasteiger charge is -2.34. The average Bonchev–Trinajstić information content (AvgIpc) is 2.53. The molecule has 0 aromatic heterocycles. The molecule has 1 aliphatic rings. The molecule has 130 valence electrons. The van der Waals surface area contributed by atoms with E-state index in [4.69, 9.17) is 4.74 Å². The summed E-state index contributed by atoms with van der Waals surface area (Å²) in [7, 11) is 1.51. The molecule has 1 aromatic carbocycles. The molecule has 1 saturated heterocycles. The van der Waals surface area contributed by atoms with Crippen LogP contribution in [0.2, 0.25) is 0 Å². The number of amides is 1. The zero-order valence-corrected chi connectivity index (χ0v) is 14.2. The van der Waals surface area contributed by atoms with Crippen LogP contribution in [0.4, 0.5) is 0 Å². The average molecular weight is 333 g/mol. The van der Waals surface area contributed by atoms with Gasteiger partial charge < -0.3 is 14.7 Å². The van der Waals surface area contributed by atoms with Crippen LogP contribution in [0.5, 0.6) is 5.75 Å². The zero-order chi connectivity index (χ0) is 17.9. The number of rotatable bonds is 5. The Morgan fingerprint density at radius 1 is 1.29 bits per heavy atom. The number of hydrogen-bond acceptors (Lipinski definition) is 4. The van der Waals surface area contributed by atoms with E-state index in [1.165, 1.54) is 14.0 Å². The normalized spacial score (nSPS) is 20.5. The quantitative estimate of drug-likeness (QED) is 0.833. The molecule has 0 spiro atoms. The van der Waals surface area contributed by atoms with Crippen molar-refractivity contribution in [1.82, 2.24) is 4.90 Å². The van der Waals surface area contributed by atoms with Crippen LogP contribution in [0.3, 0.4) is 0 Å². The first-order valence-corrected chi connectivity index (χ1v) is 8.00. The number of methoxy groups -OCH3 is 1.